The lowest BCUT2D eigenvalue weighted by molar-refractivity contribution is 0.362. The summed E-state index contributed by atoms with van der Waals surface area (Å²) in [6.07, 6.45) is 0. The van der Waals surface area contributed by atoms with Crippen molar-refractivity contribution < 1.29 is 0 Å². The Morgan fingerprint density at radius 3 is 2.31 bits per heavy atom. The molecule has 1 N–H and O–H groups in total. The topological polar surface area (TPSA) is 29.9 Å². The summed E-state index contributed by atoms with van der Waals surface area (Å²) in [5.41, 5.74) is 2.08. The lowest BCUT2D eigenvalue weighted by Crippen LogP contribution is -2.39. The number of aryl methyl sites for hydroxylation is 1. The maximum absolute atomic E-state index is 6.13. The standard InChI is InChI=1S/C12H22ClN3/c1-8(7-14-12(4,5)6)16-10(3)11(13)9(2)15-16/h8,14H,7H2,1-6H3. The van der Waals surface area contributed by atoms with Crippen LogP contribution in [0.4, 0.5) is 0 Å². The summed E-state index contributed by atoms with van der Waals surface area (Å²) >= 11 is 6.13. The molecule has 0 aliphatic rings. The third kappa shape index (κ3) is 3.22. The summed E-state index contributed by atoms with van der Waals surface area (Å²) in [4.78, 5) is 0. The monoisotopic (exact) mass is 243 g/mol. The summed E-state index contributed by atoms with van der Waals surface area (Å²) in [6.45, 7) is 13.5. The zero-order valence-electron chi connectivity index (χ0n) is 11.1. The van der Waals surface area contributed by atoms with Gasteiger partial charge in [-0.05, 0) is 41.5 Å². The molecule has 1 rings (SSSR count). The summed E-state index contributed by atoms with van der Waals surface area (Å²) in [5.74, 6) is 0. The van der Waals surface area contributed by atoms with Crippen LogP contribution < -0.4 is 5.32 Å². The van der Waals surface area contributed by atoms with Crippen molar-refractivity contribution >= 4 is 11.6 Å². The molecule has 3 nitrogen and oxygen atoms in total. The van der Waals surface area contributed by atoms with Crippen LogP contribution in [-0.2, 0) is 0 Å². The Bertz CT molecular complexity index is 363. The van der Waals surface area contributed by atoms with Crippen LogP contribution in [0.5, 0.6) is 0 Å². The van der Waals surface area contributed by atoms with E-state index in [0.29, 0.717) is 6.04 Å². The first-order chi connectivity index (χ1) is 7.22. The first-order valence-corrected chi connectivity index (χ1v) is 6.06. The van der Waals surface area contributed by atoms with Gasteiger partial charge in [-0.1, -0.05) is 11.6 Å². The molecule has 1 unspecified atom stereocenters. The third-order valence-corrected chi connectivity index (χ3v) is 3.13. The van der Waals surface area contributed by atoms with E-state index in [1.54, 1.807) is 0 Å². The van der Waals surface area contributed by atoms with Crippen molar-refractivity contribution in [3.63, 3.8) is 0 Å². The van der Waals surface area contributed by atoms with E-state index in [0.717, 1.165) is 23.0 Å². The molecule has 0 aliphatic heterocycles. The fourth-order valence-corrected chi connectivity index (χ4v) is 1.74. The second kappa shape index (κ2) is 4.76. The van der Waals surface area contributed by atoms with E-state index < -0.39 is 0 Å². The minimum atomic E-state index is 0.133. The van der Waals surface area contributed by atoms with Crippen LogP contribution in [0.2, 0.25) is 5.02 Å². The van der Waals surface area contributed by atoms with Gasteiger partial charge in [0.15, 0.2) is 0 Å². The van der Waals surface area contributed by atoms with Crippen molar-refractivity contribution in [1.29, 1.82) is 0 Å². The van der Waals surface area contributed by atoms with Gasteiger partial charge in [0.2, 0.25) is 0 Å². The molecule has 0 saturated heterocycles. The fourth-order valence-electron chi connectivity index (χ4n) is 1.61. The van der Waals surface area contributed by atoms with Crippen molar-refractivity contribution in [2.75, 3.05) is 6.54 Å². The highest BCUT2D eigenvalue weighted by Crippen LogP contribution is 2.21. The Balaban J connectivity index is 2.73. The van der Waals surface area contributed by atoms with Crippen molar-refractivity contribution in [1.82, 2.24) is 15.1 Å². The maximum Gasteiger partial charge on any atom is 0.0844 e. The number of rotatable bonds is 3. The SMILES string of the molecule is Cc1nn(C(C)CNC(C)(C)C)c(C)c1Cl. The van der Waals surface area contributed by atoms with Crippen molar-refractivity contribution in [2.45, 2.75) is 53.1 Å². The summed E-state index contributed by atoms with van der Waals surface area (Å²) in [6, 6.07) is 0.311. The van der Waals surface area contributed by atoms with E-state index in [1.807, 2.05) is 18.5 Å². The Labute approximate surface area is 103 Å². The van der Waals surface area contributed by atoms with Gasteiger partial charge < -0.3 is 5.32 Å². The highest BCUT2D eigenvalue weighted by atomic mass is 35.5. The van der Waals surface area contributed by atoms with Gasteiger partial charge >= 0.3 is 0 Å². The number of nitrogens with zero attached hydrogens (tertiary/aromatic N) is 2. The van der Waals surface area contributed by atoms with Crippen molar-refractivity contribution in [3.8, 4) is 0 Å². The molecule has 0 spiro atoms. The molecule has 16 heavy (non-hydrogen) atoms. The van der Waals surface area contributed by atoms with Crippen LogP contribution in [-0.4, -0.2) is 21.9 Å². The highest BCUT2D eigenvalue weighted by molar-refractivity contribution is 6.31. The molecule has 0 radical (unpaired) electrons. The molecule has 0 bridgehead atoms. The lowest BCUT2D eigenvalue weighted by Gasteiger charge is -2.24. The van der Waals surface area contributed by atoms with E-state index >= 15 is 0 Å². The number of hydrogen-bond donors (Lipinski definition) is 1. The minimum Gasteiger partial charge on any atom is -0.310 e. The van der Waals surface area contributed by atoms with Gasteiger partial charge in [-0.15, -0.1) is 0 Å². The van der Waals surface area contributed by atoms with E-state index in [9.17, 15) is 0 Å². The summed E-state index contributed by atoms with van der Waals surface area (Å²) < 4.78 is 2.00. The number of hydrogen-bond acceptors (Lipinski definition) is 2. The van der Waals surface area contributed by atoms with Crippen LogP contribution in [0.1, 0.15) is 45.1 Å². The predicted octanol–water partition coefficient (Wildman–Crippen LogP) is 3.10. The van der Waals surface area contributed by atoms with Gasteiger partial charge in [0, 0.05) is 12.1 Å². The van der Waals surface area contributed by atoms with Crippen LogP contribution in [0.3, 0.4) is 0 Å². The van der Waals surface area contributed by atoms with Gasteiger partial charge in [0.05, 0.1) is 22.5 Å². The fraction of sp³-hybridized carbons (Fsp3) is 0.750. The molecule has 0 amide bonds. The molecular weight excluding hydrogens is 222 g/mol. The molecule has 1 heterocycles. The molecule has 1 aromatic heterocycles. The second-order valence-corrected chi connectivity index (χ2v) is 5.79. The zero-order valence-corrected chi connectivity index (χ0v) is 11.8. The molecule has 1 aromatic rings. The Morgan fingerprint density at radius 1 is 1.38 bits per heavy atom. The highest BCUT2D eigenvalue weighted by Gasteiger charge is 2.16. The smallest absolute Gasteiger partial charge is 0.0844 e. The maximum atomic E-state index is 6.13. The van der Waals surface area contributed by atoms with E-state index in [2.05, 4.69) is 38.1 Å². The lowest BCUT2D eigenvalue weighted by atomic mass is 10.1. The van der Waals surface area contributed by atoms with Crippen LogP contribution >= 0.6 is 11.6 Å². The third-order valence-electron chi connectivity index (χ3n) is 2.58. The molecule has 1 atom stereocenters. The Kier molecular flexibility index (Phi) is 4.02. The van der Waals surface area contributed by atoms with Crippen molar-refractivity contribution in [3.05, 3.63) is 16.4 Å². The molecular formula is C12H22ClN3. The van der Waals surface area contributed by atoms with Crippen LogP contribution in [0.25, 0.3) is 0 Å². The largest absolute Gasteiger partial charge is 0.310 e. The first-order valence-electron chi connectivity index (χ1n) is 5.68. The number of aromatic nitrogens is 2. The molecule has 4 heteroatoms. The van der Waals surface area contributed by atoms with Crippen LogP contribution in [0.15, 0.2) is 0 Å². The zero-order chi connectivity index (χ0) is 12.5. The minimum absolute atomic E-state index is 0.133. The molecule has 0 aliphatic carbocycles. The quantitative estimate of drug-likeness (QED) is 0.884. The van der Waals surface area contributed by atoms with E-state index in [-0.39, 0.29) is 5.54 Å². The average molecular weight is 244 g/mol. The molecule has 0 saturated carbocycles. The van der Waals surface area contributed by atoms with E-state index in [4.69, 9.17) is 11.6 Å². The summed E-state index contributed by atoms with van der Waals surface area (Å²) in [5, 5.41) is 8.71. The first kappa shape index (κ1) is 13.5. The van der Waals surface area contributed by atoms with Gasteiger partial charge in [0.25, 0.3) is 0 Å². The molecule has 0 fully saturated rings. The Morgan fingerprint density at radius 2 is 1.94 bits per heavy atom. The number of halogens is 1. The van der Waals surface area contributed by atoms with E-state index in [1.165, 1.54) is 0 Å². The molecule has 0 aromatic carbocycles. The number of nitrogens with one attached hydrogen (secondary N) is 1. The van der Waals surface area contributed by atoms with Crippen LogP contribution in [0, 0.1) is 13.8 Å². The van der Waals surface area contributed by atoms with Gasteiger partial charge in [-0.2, -0.15) is 5.10 Å². The summed E-state index contributed by atoms with van der Waals surface area (Å²) in [7, 11) is 0. The normalized spacial score (nSPS) is 14.2. The second-order valence-electron chi connectivity index (χ2n) is 5.41. The van der Waals surface area contributed by atoms with Gasteiger partial charge in [0.1, 0.15) is 0 Å². The molecule has 92 valence electrons. The van der Waals surface area contributed by atoms with Gasteiger partial charge in [-0.3, -0.25) is 4.68 Å². The average Bonchev–Trinajstić information content (AvgIpc) is 2.41. The predicted molar refractivity (Wildman–Crippen MR) is 69.2 cm³/mol. The van der Waals surface area contributed by atoms with Gasteiger partial charge in [-0.25, -0.2) is 0 Å². The Hall–Kier alpha value is -0.540. The van der Waals surface area contributed by atoms with Crippen molar-refractivity contribution in [2.24, 2.45) is 0 Å².